The Morgan fingerprint density at radius 3 is 2.28 bits per heavy atom. The van der Waals surface area contributed by atoms with Crippen LogP contribution in [0.5, 0.6) is 5.75 Å². The van der Waals surface area contributed by atoms with Crippen molar-refractivity contribution < 1.29 is 23.4 Å². The summed E-state index contributed by atoms with van der Waals surface area (Å²) >= 11 is 0. The van der Waals surface area contributed by atoms with E-state index in [1.54, 1.807) is 37.4 Å². The van der Waals surface area contributed by atoms with Crippen LogP contribution in [0, 0.1) is 13.8 Å². The summed E-state index contributed by atoms with van der Waals surface area (Å²) < 4.78 is 30.5. The van der Waals surface area contributed by atoms with Gasteiger partial charge < -0.3 is 14.7 Å². The van der Waals surface area contributed by atoms with Gasteiger partial charge in [-0.15, -0.1) is 0 Å². The maximum Gasteiger partial charge on any atom is 0.335 e. The molecule has 0 unspecified atom stereocenters. The molecule has 0 spiro atoms. The molecule has 0 aliphatic carbocycles. The molecule has 2 aromatic carbocycles. The van der Waals surface area contributed by atoms with Crippen molar-refractivity contribution in [1.82, 2.24) is 9.80 Å². The molecule has 1 N–H and O–H groups in total. The quantitative estimate of drug-likeness (QED) is 0.414. The van der Waals surface area contributed by atoms with Gasteiger partial charge in [-0.2, -0.15) is 0 Å². The Morgan fingerprint density at radius 2 is 1.75 bits per heavy atom. The first-order chi connectivity index (χ1) is 17.3. The van der Waals surface area contributed by atoms with Gasteiger partial charge >= 0.3 is 5.97 Å². The Kier molecular flexibility index (Phi) is 12.6. The van der Waals surface area contributed by atoms with Crippen molar-refractivity contribution in [3.63, 3.8) is 0 Å². The minimum absolute atomic E-state index is 0.0304. The summed E-state index contributed by atoms with van der Waals surface area (Å²) in [5, 5.41) is 8.38. The van der Waals surface area contributed by atoms with Crippen molar-refractivity contribution in [2.45, 2.75) is 53.0 Å². The van der Waals surface area contributed by atoms with E-state index in [1.165, 1.54) is 22.3 Å². The Bertz CT molecular complexity index is 972. The van der Waals surface area contributed by atoms with Gasteiger partial charge in [0.25, 0.3) is 0 Å². The van der Waals surface area contributed by atoms with Crippen LogP contribution in [-0.2, 0) is 6.54 Å². The van der Waals surface area contributed by atoms with Crippen LogP contribution >= 0.6 is 0 Å². The molecule has 0 aromatic heterocycles. The van der Waals surface area contributed by atoms with Gasteiger partial charge in [0.15, 0.2) is 0 Å². The first kappa shape index (κ1) is 29.5. The van der Waals surface area contributed by atoms with E-state index in [9.17, 15) is 13.6 Å². The number of methoxy groups -OCH3 is 1. The summed E-state index contributed by atoms with van der Waals surface area (Å²) in [4.78, 5) is 14.7. The molecule has 7 heteroatoms. The monoisotopic (exact) mass is 502 g/mol. The van der Waals surface area contributed by atoms with Crippen molar-refractivity contribution >= 4 is 12.0 Å². The van der Waals surface area contributed by atoms with E-state index in [0.29, 0.717) is 12.1 Å². The van der Waals surface area contributed by atoms with Crippen LogP contribution < -0.4 is 4.74 Å². The number of piperazine rings is 1. The third-order valence-corrected chi connectivity index (χ3v) is 6.46. The number of allylic oxidation sites excluding steroid dienone is 1. The van der Waals surface area contributed by atoms with E-state index < -0.39 is 12.4 Å². The summed E-state index contributed by atoms with van der Waals surface area (Å²) in [7, 11) is 1.73. The fraction of sp³-hybridized carbons (Fsp3) is 0.483. The third-order valence-electron chi connectivity index (χ3n) is 6.46. The number of carbonyl (C=O) groups is 1. The summed E-state index contributed by atoms with van der Waals surface area (Å²) in [6, 6.07) is 10.4. The molecule has 1 fully saturated rings. The molecule has 0 bridgehead atoms. The number of benzene rings is 2. The number of rotatable bonds is 10. The van der Waals surface area contributed by atoms with E-state index in [2.05, 4.69) is 48.8 Å². The fourth-order valence-corrected chi connectivity index (χ4v) is 4.16. The number of halogens is 2. The van der Waals surface area contributed by atoms with E-state index >= 15 is 0 Å². The number of aromatic carboxylic acids is 1. The molecule has 1 heterocycles. The van der Waals surface area contributed by atoms with Crippen LogP contribution in [-0.4, -0.2) is 67.1 Å². The van der Waals surface area contributed by atoms with Crippen molar-refractivity contribution in [3.05, 3.63) is 70.3 Å². The molecule has 5 nitrogen and oxygen atoms in total. The lowest BCUT2D eigenvalue weighted by atomic mass is 9.95. The van der Waals surface area contributed by atoms with Crippen molar-refractivity contribution in [2.75, 3.05) is 39.8 Å². The number of ether oxygens (including phenoxy) is 1. The Morgan fingerprint density at radius 1 is 1.11 bits per heavy atom. The lowest BCUT2D eigenvalue weighted by Crippen LogP contribution is -2.46. The van der Waals surface area contributed by atoms with Crippen molar-refractivity contribution in [1.29, 1.82) is 0 Å². The lowest BCUT2D eigenvalue weighted by molar-refractivity contribution is 0.0696. The predicted molar refractivity (Wildman–Crippen MR) is 142 cm³/mol. The van der Waals surface area contributed by atoms with Crippen molar-refractivity contribution in [2.24, 2.45) is 0 Å². The minimum atomic E-state index is -2.21. The minimum Gasteiger partial charge on any atom is -0.496 e. The van der Waals surface area contributed by atoms with E-state index in [-0.39, 0.29) is 6.42 Å². The number of nitrogens with zero attached hydrogens (tertiary/aromatic N) is 2. The summed E-state index contributed by atoms with van der Waals surface area (Å²) in [6.07, 6.45) is 4.44. The fourth-order valence-electron chi connectivity index (χ4n) is 4.16. The molecule has 0 radical (unpaired) electrons. The highest BCUT2D eigenvalue weighted by Gasteiger charge is 2.21. The first-order valence-electron chi connectivity index (χ1n) is 12.6. The second-order valence-electron chi connectivity index (χ2n) is 9.07. The molecular weight excluding hydrogens is 462 g/mol. The average Bonchev–Trinajstić information content (AvgIpc) is 2.88. The maximum atomic E-state index is 12.4. The van der Waals surface area contributed by atoms with Gasteiger partial charge in [-0.3, -0.25) is 4.90 Å². The number of alkyl halides is 2. The van der Waals surface area contributed by atoms with E-state index in [4.69, 9.17) is 9.84 Å². The Balaban J connectivity index is 0.000000425. The average molecular weight is 503 g/mol. The molecule has 1 saturated heterocycles. The number of carboxylic acid groups (broad SMARTS) is 1. The molecular formula is C29H40F2N2O3. The van der Waals surface area contributed by atoms with Gasteiger partial charge in [0.2, 0.25) is 6.43 Å². The highest BCUT2D eigenvalue weighted by atomic mass is 19.3. The van der Waals surface area contributed by atoms with Gasteiger partial charge in [0.05, 0.1) is 12.7 Å². The highest BCUT2D eigenvalue weighted by molar-refractivity contribution is 5.87. The van der Waals surface area contributed by atoms with Gasteiger partial charge in [-0.25, -0.2) is 13.6 Å². The predicted octanol–water partition coefficient (Wildman–Crippen LogP) is 6.28. The van der Waals surface area contributed by atoms with Crippen LogP contribution in [0.25, 0.3) is 6.08 Å². The summed E-state index contributed by atoms with van der Waals surface area (Å²) in [5.41, 5.74) is 5.37. The molecule has 1 aliphatic heterocycles. The molecule has 0 amide bonds. The maximum absolute atomic E-state index is 12.4. The number of aryl methyl sites for hydroxylation is 1. The summed E-state index contributed by atoms with van der Waals surface area (Å²) in [6.45, 7) is 11.3. The largest absolute Gasteiger partial charge is 0.496 e. The van der Waals surface area contributed by atoms with Crippen LogP contribution in [0.2, 0.25) is 0 Å². The molecule has 36 heavy (non-hydrogen) atoms. The molecule has 1 aliphatic rings. The molecule has 0 saturated carbocycles. The first-order valence-corrected chi connectivity index (χ1v) is 12.6. The molecule has 198 valence electrons. The number of hydrogen-bond donors (Lipinski definition) is 1. The zero-order valence-corrected chi connectivity index (χ0v) is 22.0. The standard InChI is InChI=1S/C22H34F2N2O.C7H6O2/c1-5-6-7-8-19-18(3)17(2)15-21(27-4)20(19)16-26-13-11-25(12-14-26)10-9-22(23)24;8-7(9)6-4-2-1-3-5-6/h7-8,15,22H,5-6,9-14,16H2,1-4H3;1-5H,(H,8,9)/b8-7-;. The van der Waals surface area contributed by atoms with Crippen LogP contribution in [0.1, 0.15) is 58.8 Å². The van der Waals surface area contributed by atoms with Gasteiger partial charge in [-0.05, 0) is 55.2 Å². The second-order valence-corrected chi connectivity index (χ2v) is 9.07. The zero-order valence-electron chi connectivity index (χ0n) is 22.0. The van der Waals surface area contributed by atoms with Gasteiger partial charge in [0, 0.05) is 51.3 Å². The topological polar surface area (TPSA) is 53.0 Å². The second kappa shape index (κ2) is 15.4. The van der Waals surface area contributed by atoms with Gasteiger partial charge in [-0.1, -0.05) is 43.7 Å². The van der Waals surface area contributed by atoms with Crippen molar-refractivity contribution in [3.8, 4) is 5.75 Å². The molecule has 0 atom stereocenters. The smallest absolute Gasteiger partial charge is 0.335 e. The number of unbranched alkanes of at least 4 members (excludes halogenated alkanes) is 1. The third kappa shape index (κ3) is 9.36. The molecule has 2 aromatic rings. The lowest BCUT2D eigenvalue weighted by Gasteiger charge is -2.35. The number of carboxylic acids is 1. The zero-order chi connectivity index (χ0) is 26.5. The molecule has 3 rings (SSSR count). The van der Waals surface area contributed by atoms with E-state index in [0.717, 1.165) is 51.3 Å². The van der Waals surface area contributed by atoms with Crippen LogP contribution in [0.4, 0.5) is 8.78 Å². The highest BCUT2D eigenvalue weighted by Crippen LogP contribution is 2.31. The van der Waals surface area contributed by atoms with Gasteiger partial charge in [0.1, 0.15) is 5.75 Å². The van der Waals surface area contributed by atoms with Crippen LogP contribution in [0.3, 0.4) is 0 Å². The Labute approximate surface area is 214 Å². The number of hydrogen-bond acceptors (Lipinski definition) is 4. The SMILES string of the molecule is CCC/C=C\c1c(C)c(C)cc(OC)c1CN1CCN(CCC(F)F)CC1.O=C(O)c1ccccc1. The summed E-state index contributed by atoms with van der Waals surface area (Å²) in [5.74, 6) is 0.0602. The normalized spacial score (nSPS) is 14.6. The Hall–Kier alpha value is -2.77. The van der Waals surface area contributed by atoms with Crippen LogP contribution in [0.15, 0.2) is 42.5 Å². The van der Waals surface area contributed by atoms with E-state index in [1.807, 2.05) is 0 Å².